The minimum Gasteiger partial charge on any atom is -0.342 e. The second-order valence-electron chi connectivity index (χ2n) is 6.70. The molecule has 1 heterocycles. The topological polar surface area (TPSA) is 51.0 Å². The van der Waals surface area contributed by atoms with Crippen molar-refractivity contribution < 1.29 is 4.79 Å². The molecule has 6 heteroatoms. The van der Waals surface area contributed by atoms with Crippen LogP contribution in [0.15, 0.2) is 35.5 Å². The van der Waals surface area contributed by atoms with E-state index in [0.717, 1.165) is 29.5 Å². The van der Waals surface area contributed by atoms with Crippen LogP contribution >= 0.6 is 11.8 Å². The van der Waals surface area contributed by atoms with Crippen LogP contribution in [-0.2, 0) is 4.79 Å². The third kappa shape index (κ3) is 4.06. The van der Waals surface area contributed by atoms with E-state index < -0.39 is 0 Å². The van der Waals surface area contributed by atoms with Gasteiger partial charge >= 0.3 is 0 Å². The maximum atomic E-state index is 12.8. The highest BCUT2D eigenvalue weighted by atomic mass is 32.2. The molecule has 0 bridgehead atoms. The lowest BCUT2D eigenvalue weighted by molar-refractivity contribution is -0.131. The fraction of sp³-hybridized carbons (Fsp3) is 0.526. The molecule has 1 aromatic heterocycles. The van der Waals surface area contributed by atoms with Crippen molar-refractivity contribution in [3.63, 3.8) is 0 Å². The van der Waals surface area contributed by atoms with Crippen molar-refractivity contribution in [2.75, 3.05) is 7.05 Å². The van der Waals surface area contributed by atoms with Crippen molar-refractivity contribution in [3.05, 3.63) is 36.2 Å². The molecule has 1 aromatic carbocycles. The summed E-state index contributed by atoms with van der Waals surface area (Å²) in [6.07, 6.45) is 6.00. The molecule has 5 nitrogen and oxygen atoms in total. The van der Waals surface area contributed by atoms with E-state index in [1.165, 1.54) is 31.0 Å². The molecular weight excluding hydrogens is 332 g/mol. The van der Waals surface area contributed by atoms with Gasteiger partial charge in [0.05, 0.1) is 5.25 Å². The second-order valence-corrected chi connectivity index (χ2v) is 8.01. The molecule has 134 valence electrons. The van der Waals surface area contributed by atoms with Gasteiger partial charge in [0.15, 0.2) is 5.16 Å². The highest BCUT2D eigenvalue weighted by Gasteiger charge is 2.27. The Bertz CT molecular complexity index is 709. The third-order valence-corrected chi connectivity index (χ3v) is 5.94. The molecule has 0 saturated heterocycles. The van der Waals surface area contributed by atoms with Gasteiger partial charge < -0.3 is 4.90 Å². The van der Waals surface area contributed by atoms with Crippen LogP contribution in [0.25, 0.3) is 5.69 Å². The Hall–Kier alpha value is -1.82. The maximum absolute atomic E-state index is 12.8. The number of nitrogens with zero attached hydrogens (tertiary/aromatic N) is 4. The van der Waals surface area contributed by atoms with Crippen LogP contribution in [0.2, 0.25) is 0 Å². The van der Waals surface area contributed by atoms with Crippen LogP contribution in [0, 0.1) is 6.92 Å². The van der Waals surface area contributed by atoms with Gasteiger partial charge in [-0.2, -0.15) is 0 Å². The first-order valence-corrected chi connectivity index (χ1v) is 9.86. The lowest BCUT2D eigenvalue weighted by atomic mass is 9.94. The highest BCUT2D eigenvalue weighted by Crippen LogP contribution is 2.28. The Balaban J connectivity index is 1.73. The molecule has 0 radical (unpaired) electrons. The number of carbonyl (C=O) groups excluding carboxylic acids is 1. The van der Waals surface area contributed by atoms with Gasteiger partial charge in [-0.25, -0.2) is 0 Å². The van der Waals surface area contributed by atoms with Crippen molar-refractivity contribution >= 4 is 17.7 Å². The minimum absolute atomic E-state index is 0.178. The zero-order chi connectivity index (χ0) is 17.8. The molecule has 25 heavy (non-hydrogen) atoms. The number of para-hydroxylation sites is 1. The highest BCUT2D eigenvalue weighted by molar-refractivity contribution is 8.00. The molecule has 1 aliphatic carbocycles. The number of thioether (sulfide) groups is 1. The monoisotopic (exact) mass is 358 g/mol. The van der Waals surface area contributed by atoms with Gasteiger partial charge in [0.1, 0.15) is 5.82 Å². The fourth-order valence-electron chi connectivity index (χ4n) is 3.44. The number of benzene rings is 1. The van der Waals surface area contributed by atoms with E-state index in [4.69, 9.17) is 0 Å². The van der Waals surface area contributed by atoms with Crippen LogP contribution in [0.4, 0.5) is 0 Å². The number of hydrogen-bond donors (Lipinski definition) is 0. The zero-order valence-corrected chi connectivity index (χ0v) is 16.0. The molecule has 0 spiro atoms. The average molecular weight is 359 g/mol. The molecule has 1 atom stereocenters. The Kier molecular flexibility index (Phi) is 5.78. The number of rotatable bonds is 5. The summed E-state index contributed by atoms with van der Waals surface area (Å²) in [6.45, 7) is 3.90. The molecule has 1 amide bonds. The Morgan fingerprint density at radius 3 is 2.56 bits per heavy atom. The smallest absolute Gasteiger partial charge is 0.235 e. The van der Waals surface area contributed by atoms with Crippen LogP contribution in [0.1, 0.15) is 44.9 Å². The van der Waals surface area contributed by atoms with Crippen molar-refractivity contribution in [2.24, 2.45) is 0 Å². The van der Waals surface area contributed by atoms with Gasteiger partial charge in [0.25, 0.3) is 0 Å². The number of hydrogen-bond acceptors (Lipinski definition) is 4. The van der Waals surface area contributed by atoms with Gasteiger partial charge in [-0.05, 0) is 38.8 Å². The fourth-order valence-corrected chi connectivity index (χ4v) is 4.45. The zero-order valence-electron chi connectivity index (χ0n) is 15.2. The Morgan fingerprint density at radius 1 is 1.20 bits per heavy atom. The van der Waals surface area contributed by atoms with E-state index in [9.17, 15) is 4.79 Å². The maximum Gasteiger partial charge on any atom is 0.235 e. The normalized spacial score (nSPS) is 16.6. The predicted molar refractivity (Wildman–Crippen MR) is 101 cm³/mol. The summed E-state index contributed by atoms with van der Waals surface area (Å²) in [7, 11) is 1.95. The predicted octanol–water partition coefficient (Wildman–Crippen LogP) is 3.85. The first-order chi connectivity index (χ1) is 12.1. The van der Waals surface area contributed by atoms with Crippen LogP contribution < -0.4 is 0 Å². The largest absolute Gasteiger partial charge is 0.342 e. The minimum atomic E-state index is -0.182. The summed E-state index contributed by atoms with van der Waals surface area (Å²) < 4.78 is 2.01. The van der Waals surface area contributed by atoms with E-state index in [1.807, 2.05) is 60.7 Å². The van der Waals surface area contributed by atoms with Crippen molar-refractivity contribution in [1.29, 1.82) is 0 Å². The van der Waals surface area contributed by atoms with Gasteiger partial charge in [-0.3, -0.25) is 9.36 Å². The van der Waals surface area contributed by atoms with E-state index in [0.29, 0.717) is 6.04 Å². The summed E-state index contributed by atoms with van der Waals surface area (Å²) >= 11 is 1.48. The quantitative estimate of drug-likeness (QED) is 0.762. The number of carbonyl (C=O) groups is 1. The summed E-state index contributed by atoms with van der Waals surface area (Å²) in [6, 6.07) is 10.4. The molecule has 0 N–H and O–H groups in total. The van der Waals surface area contributed by atoms with Gasteiger partial charge in [0.2, 0.25) is 5.91 Å². The summed E-state index contributed by atoms with van der Waals surface area (Å²) in [4.78, 5) is 14.8. The Labute approximate surface area is 153 Å². The lowest BCUT2D eigenvalue weighted by Gasteiger charge is -2.32. The molecule has 3 rings (SSSR count). The van der Waals surface area contributed by atoms with Crippen LogP contribution in [0.5, 0.6) is 0 Å². The van der Waals surface area contributed by atoms with Crippen LogP contribution in [-0.4, -0.2) is 43.9 Å². The SMILES string of the molecule is Cc1nnc(SC(C)C(=O)N(C)C2CCCCC2)n1-c1ccccc1. The van der Waals surface area contributed by atoms with E-state index >= 15 is 0 Å². The van der Waals surface area contributed by atoms with Gasteiger partial charge in [0, 0.05) is 18.8 Å². The first kappa shape index (κ1) is 18.0. The summed E-state index contributed by atoms with van der Waals surface area (Å²) in [5, 5.41) is 9.08. The first-order valence-electron chi connectivity index (χ1n) is 8.98. The van der Waals surface area contributed by atoms with E-state index in [-0.39, 0.29) is 11.2 Å². The van der Waals surface area contributed by atoms with Crippen molar-refractivity contribution in [2.45, 2.75) is 62.4 Å². The lowest BCUT2D eigenvalue weighted by Crippen LogP contribution is -2.42. The summed E-state index contributed by atoms with van der Waals surface area (Å²) in [5.74, 6) is 1.01. The van der Waals surface area contributed by atoms with E-state index in [2.05, 4.69) is 10.2 Å². The number of amides is 1. The van der Waals surface area contributed by atoms with Crippen molar-refractivity contribution in [1.82, 2.24) is 19.7 Å². The molecule has 2 aromatic rings. The van der Waals surface area contributed by atoms with Gasteiger partial charge in [-0.15, -0.1) is 10.2 Å². The third-order valence-electron chi connectivity index (χ3n) is 4.91. The average Bonchev–Trinajstić information content (AvgIpc) is 3.02. The summed E-state index contributed by atoms with van der Waals surface area (Å²) in [5.41, 5.74) is 1.02. The second kappa shape index (κ2) is 8.04. The van der Waals surface area contributed by atoms with E-state index in [1.54, 1.807) is 0 Å². The van der Waals surface area contributed by atoms with Crippen LogP contribution in [0.3, 0.4) is 0 Å². The number of aromatic nitrogens is 3. The molecule has 1 saturated carbocycles. The molecular formula is C19H26N4OS. The molecule has 0 aliphatic heterocycles. The molecule has 1 unspecified atom stereocenters. The standard InChI is InChI=1S/C19H26N4OS/c1-14(18(24)22(3)16-10-6-4-7-11-16)25-19-21-20-15(2)23(19)17-12-8-5-9-13-17/h5,8-9,12-14,16H,4,6-7,10-11H2,1-3H3. The number of aryl methyl sites for hydroxylation is 1. The van der Waals surface area contributed by atoms with Gasteiger partial charge in [-0.1, -0.05) is 49.2 Å². The Morgan fingerprint density at radius 2 is 1.88 bits per heavy atom. The van der Waals surface area contributed by atoms with Crippen molar-refractivity contribution in [3.8, 4) is 5.69 Å². The molecule has 1 fully saturated rings. The molecule has 1 aliphatic rings.